The summed E-state index contributed by atoms with van der Waals surface area (Å²) in [5, 5.41) is 9.24. The number of para-hydroxylation sites is 1. The number of aliphatic imine (C=N–C) groups is 1. The maximum atomic E-state index is 12.0. The molecule has 0 atom stereocenters. The van der Waals surface area contributed by atoms with Crippen molar-refractivity contribution >= 4 is 35.8 Å². The van der Waals surface area contributed by atoms with E-state index < -0.39 is 0 Å². The first-order chi connectivity index (χ1) is 13.9. The van der Waals surface area contributed by atoms with Gasteiger partial charge in [0, 0.05) is 17.6 Å². The lowest BCUT2D eigenvalue weighted by molar-refractivity contribution is -0.121. The molecule has 0 bridgehead atoms. The normalized spacial score (nSPS) is 11.3. The fraction of sp³-hybridized carbons (Fsp3) is 0.391. The minimum absolute atomic E-state index is 0. The molecule has 30 heavy (non-hydrogen) atoms. The van der Waals surface area contributed by atoms with Crippen molar-refractivity contribution < 1.29 is 9.53 Å². The molecule has 3 N–H and O–H groups in total. The van der Waals surface area contributed by atoms with Gasteiger partial charge in [0.2, 0.25) is 5.91 Å². The average Bonchev–Trinajstić information content (AvgIpc) is 2.69. The number of benzene rings is 2. The number of nitrogens with one attached hydrogen (secondary N) is 3. The number of amides is 1. The van der Waals surface area contributed by atoms with E-state index >= 15 is 0 Å². The molecule has 0 saturated carbocycles. The number of hydrogen-bond donors (Lipinski definition) is 3. The second kappa shape index (κ2) is 13.1. The summed E-state index contributed by atoms with van der Waals surface area (Å²) in [5.74, 6) is 1.33. The molecule has 2 aromatic rings. The number of ether oxygens (including phenoxy) is 1. The zero-order chi connectivity index (χ0) is 21.1. The minimum atomic E-state index is -0.266. The molecule has 6 nitrogen and oxygen atoms in total. The molecule has 2 rings (SSSR count). The molecule has 0 saturated heterocycles. The summed E-state index contributed by atoms with van der Waals surface area (Å²) >= 11 is 0. The highest BCUT2D eigenvalue weighted by Crippen LogP contribution is 2.29. The van der Waals surface area contributed by atoms with E-state index in [2.05, 4.69) is 39.1 Å². The van der Waals surface area contributed by atoms with E-state index in [4.69, 9.17) is 4.74 Å². The van der Waals surface area contributed by atoms with Gasteiger partial charge in [-0.2, -0.15) is 0 Å². The lowest BCUT2D eigenvalue weighted by atomic mass is 10.1. The van der Waals surface area contributed by atoms with Gasteiger partial charge in [0.05, 0.1) is 6.54 Å². The first kappa shape index (κ1) is 25.7. The lowest BCUT2D eigenvalue weighted by Gasteiger charge is -2.20. The Morgan fingerprint density at radius 2 is 1.67 bits per heavy atom. The minimum Gasteiger partial charge on any atom is -0.491 e. The first-order valence-corrected chi connectivity index (χ1v) is 9.99. The van der Waals surface area contributed by atoms with Gasteiger partial charge in [-0.25, -0.2) is 4.99 Å². The third kappa shape index (κ3) is 9.47. The largest absolute Gasteiger partial charge is 0.491 e. The molecule has 0 heterocycles. The standard InChI is InChI=1S/C23H32N4O2.HI/c1-5-24-22(26-17-21(28)27-23(2,3)4)25-15-16-29-20-14-10-9-13-19(20)18-11-7-6-8-12-18;/h6-14H,5,15-17H2,1-4H3,(H,27,28)(H2,24,25,26);1H. The van der Waals surface area contributed by atoms with Crippen molar-refractivity contribution in [1.82, 2.24) is 16.0 Å². The molecule has 164 valence electrons. The van der Waals surface area contributed by atoms with Crippen LogP contribution in [0.2, 0.25) is 0 Å². The summed E-state index contributed by atoms with van der Waals surface area (Å²) < 4.78 is 5.99. The molecule has 1 amide bonds. The van der Waals surface area contributed by atoms with Gasteiger partial charge in [-0.3, -0.25) is 4.79 Å². The van der Waals surface area contributed by atoms with E-state index in [-0.39, 0.29) is 42.0 Å². The van der Waals surface area contributed by atoms with Crippen LogP contribution < -0.4 is 20.7 Å². The Kier molecular flexibility index (Phi) is 11.2. The van der Waals surface area contributed by atoms with Crippen molar-refractivity contribution in [1.29, 1.82) is 0 Å². The first-order valence-electron chi connectivity index (χ1n) is 9.99. The Hall–Kier alpha value is -2.29. The molecule has 0 spiro atoms. The topological polar surface area (TPSA) is 74.8 Å². The van der Waals surface area contributed by atoms with Crippen molar-refractivity contribution in [3.63, 3.8) is 0 Å². The summed E-state index contributed by atoms with van der Waals surface area (Å²) in [6, 6.07) is 18.2. The average molecular weight is 524 g/mol. The molecular weight excluding hydrogens is 491 g/mol. The number of halogens is 1. The van der Waals surface area contributed by atoms with Gasteiger partial charge < -0.3 is 20.7 Å². The molecule has 0 aromatic heterocycles. The number of guanidine groups is 1. The Morgan fingerprint density at radius 1 is 1.00 bits per heavy atom. The Labute approximate surface area is 196 Å². The Morgan fingerprint density at radius 3 is 2.33 bits per heavy atom. The summed E-state index contributed by atoms with van der Waals surface area (Å²) in [4.78, 5) is 16.3. The predicted octanol–water partition coefficient (Wildman–Crippen LogP) is 3.82. The third-order valence-electron chi connectivity index (χ3n) is 3.86. The van der Waals surface area contributed by atoms with E-state index in [1.54, 1.807) is 0 Å². The van der Waals surface area contributed by atoms with Gasteiger partial charge in [-0.1, -0.05) is 48.5 Å². The van der Waals surface area contributed by atoms with Crippen LogP contribution in [0.4, 0.5) is 0 Å². The van der Waals surface area contributed by atoms with Crippen LogP contribution in [-0.2, 0) is 4.79 Å². The fourth-order valence-corrected chi connectivity index (χ4v) is 2.73. The van der Waals surface area contributed by atoms with Crippen LogP contribution in [0.3, 0.4) is 0 Å². The van der Waals surface area contributed by atoms with E-state index in [9.17, 15) is 4.79 Å². The Bertz CT molecular complexity index is 804. The molecule has 0 radical (unpaired) electrons. The molecule has 7 heteroatoms. The van der Waals surface area contributed by atoms with Gasteiger partial charge in [0.25, 0.3) is 0 Å². The summed E-state index contributed by atoms with van der Waals surface area (Å²) in [6.45, 7) is 9.65. The van der Waals surface area contributed by atoms with Crippen LogP contribution in [0.25, 0.3) is 11.1 Å². The highest BCUT2D eigenvalue weighted by molar-refractivity contribution is 14.0. The second-order valence-corrected chi connectivity index (χ2v) is 7.63. The van der Waals surface area contributed by atoms with Crippen molar-refractivity contribution in [3.8, 4) is 16.9 Å². The number of nitrogens with zero attached hydrogens (tertiary/aromatic N) is 1. The van der Waals surface area contributed by atoms with Crippen LogP contribution in [0.15, 0.2) is 59.6 Å². The predicted molar refractivity (Wildman–Crippen MR) is 135 cm³/mol. The SMILES string of the molecule is CCNC(=NCC(=O)NC(C)(C)C)NCCOc1ccccc1-c1ccccc1.I. The fourth-order valence-electron chi connectivity index (χ4n) is 2.73. The van der Waals surface area contributed by atoms with Gasteiger partial charge in [0.15, 0.2) is 5.96 Å². The monoisotopic (exact) mass is 524 g/mol. The Balaban J connectivity index is 0.00000450. The molecule has 0 aliphatic rings. The van der Waals surface area contributed by atoms with Crippen LogP contribution in [0.5, 0.6) is 5.75 Å². The zero-order valence-electron chi connectivity index (χ0n) is 18.2. The molecular formula is C23H33IN4O2. The zero-order valence-corrected chi connectivity index (χ0v) is 20.5. The highest BCUT2D eigenvalue weighted by atomic mass is 127. The van der Waals surface area contributed by atoms with Crippen LogP contribution in [0, 0.1) is 0 Å². The van der Waals surface area contributed by atoms with Gasteiger partial charge in [-0.05, 0) is 39.3 Å². The van der Waals surface area contributed by atoms with Crippen LogP contribution in [0.1, 0.15) is 27.7 Å². The molecule has 0 aliphatic carbocycles. The smallest absolute Gasteiger partial charge is 0.242 e. The number of carbonyl (C=O) groups excluding carboxylic acids is 1. The van der Waals surface area contributed by atoms with E-state index in [1.165, 1.54) is 0 Å². The van der Waals surface area contributed by atoms with Crippen molar-refractivity contribution in [3.05, 3.63) is 54.6 Å². The highest BCUT2D eigenvalue weighted by Gasteiger charge is 2.13. The molecule has 0 unspecified atom stereocenters. The van der Waals surface area contributed by atoms with Gasteiger partial charge >= 0.3 is 0 Å². The summed E-state index contributed by atoms with van der Waals surface area (Å²) in [7, 11) is 0. The third-order valence-corrected chi connectivity index (χ3v) is 3.86. The van der Waals surface area contributed by atoms with Gasteiger partial charge in [0.1, 0.15) is 18.9 Å². The van der Waals surface area contributed by atoms with Crippen molar-refractivity contribution in [2.75, 3.05) is 26.2 Å². The van der Waals surface area contributed by atoms with E-state index in [1.807, 2.05) is 64.1 Å². The van der Waals surface area contributed by atoms with E-state index in [0.29, 0.717) is 25.7 Å². The van der Waals surface area contributed by atoms with Crippen molar-refractivity contribution in [2.24, 2.45) is 4.99 Å². The van der Waals surface area contributed by atoms with Crippen LogP contribution in [-0.4, -0.2) is 43.6 Å². The number of rotatable bonds is 8. The maximum absolute atomic E-state index is 12.0. The molecule has 2 aromatic carbocycles. The second-order valence-electron chi connectivity index (χ2n) is 7.63. The lowest BCUT2D eigenvalue weighted by Crippen LogP contribution is -2.43. The molecule has 0 fully saturated rings. The van der Waals surface area contributed by atoms with Gasteiger partial charge in [-0.15, -0.1) is 24.0 Å². The molecule has 0 aliphatic heterocycles. The van der Waals surface area contributed by atoms with Crippen molar-refractivity contribution in [2.45, 2.75) is 33.2 Å². The number of carbonyl (C=O) groups is 1. The van der Waals surface area contributed by atoms with Crippen LogP contribution >= 0.6 is 24.0 Å². The quantitative estimate of drug-likeness (QED) is 0.213. The summed E-state index contributed by atoms with van der Waals surface area (Å²) in [6.07, 6.45) is 0. The number of hydrogen-bond acceptors (Lipinski definition) is 3. The maximum Gasteiger partial charge on any atom is 0.242 e. The summed E-state index contributed by atoms with van der Waals surface area (Å²) in [5.41, 5.74) is 1.92. The van der Waals surface area contributed by atoms with E-state index in [0.717, 1.165) is 16.9 Å².